The third-order valence-electron chi connectivity index (χ3n) is 2.45. The van der Waals surface area contributed by atoms with Crippen molar-refractivity contribution in [3.8, 4) is 0 Å². The Labute approximate surface area is 72.3 Å². The molecule has 0 spiro atoms. The van der Waals surface area contributed by atoms with Crippen molar-refractivity contribution in [2.75, 3.05) is 0 Å². The molecule has 0 bridgehead atoms. The maximum atomic E-state index is 5.76. The minimum Gasteiger partial charge on any atom is -0.328 e. The fourth-order valence-electron chi connectivity index (χ4n) is 1.65. The molecular formula is C7H17N5. The zero-order chi connectivity index (χ0) is 8.97. The molecule has 1 aliphatic carbocycles. The van der Waals surface area contributed by atoms with Crippen LogP contribution >= 0.6 is 0 Å². The number of rotatable bonds is 1. The molecule has 0 amide bonds. The normalized spacial score (nSPS) is 31.7. The van der Waals surface area contributed by atoms with Gasteiger partial charge < -0.3 is 17.0 Å². The Morgan fingerprint density at radius 3 is 2.25 bits per heavy atom. The maximum Gasteiger partial charge on any atom is 0.139 e. The van der Waals surface area contributed by atoms with Crippen LogP contribution in [0.25, 0.3) is 0 Å². The van der Waals surface area contributed by atoms with E-state index < -0.39 is 0 Å². The largest absolute Gasteiger partial charge is 0.328 e. The molecule has 5 heteroatoms. The molecule has 0 atom stereocenters. The lowest BCUT2D eigenvalue weighted by atomic mass is 9.86. The number of hydrogen-bond donors (Lipinski definition) is 4. The molecule has 70 valence electrons. The molecule has 0 aliphatic heterocycles. The quantitative estimate of drug-likeness (QED) is 0.180. The molecule has 0 radical (unpaired) electrons. The van der Waals surface area contributed by atoms with Crippen molar-refractivity contribution < 1.29 is 0 Å². The maximum absolute atomic E-state index is 5.76. The van der Waals surface area contributed by atoms with Gasteiger partial charge in [0.05, 0.1) is 0 Å². The predicted molar refractivity (Wildman–Crippen MR) is 48.9 cm³/mol. The van der Waals surface area contributed by atoms with Gasteiger partial charge in [0.15, 0.2) is 0 Å². The summed E-state index contributed by atoms with van der Waals surface area (Å²) in [6, 6.07) is 0.345. The van der Waals surface area contributed by atoms with Crippen LogP contribution in [0.2, 0.25) is 0 Å². The first-order chi connectivity index (χ1) is 5.77. The zero-order valence-corrected chi connectivity index (χ0v) is 7.16. The fraction of sp³-hybridized carbons (Fsp3) is 0.857. The van der Waals surface area contributed by atoms with Crippen molar-refractivity contribution in [3.05, 3.63) is 0 Å². The van der Waals surface area contributed by atoms with E-state index in [2.05, 4.69) is 10.5 Å². The van der Waals surface area contributed by atoms with Crippen LogP contribution < -0.4 is 22.8 Å². The highest BCUT2D eigenvalue weighted by atomic mass is 15.3. The Morgan fingerprint density at radius 2 is 1.83 bits per heavy atom. The molecule has 7 N–H and O–H groups in total. The standard InChI is InChI=1S/C7H17N5/c8-6-3-1-5(2-4-6)7(11-9)12-10/h5-6H,1-4,8-10H2,(H,11,12). The van der Waals surface area contributed by atoms with Gasteiger partial charge in [-0.15, -0.1) is 0 Å². The van der Waals surface area contributed by atoms with Crippen LogP contribution in [0.3, 0.4) is 0 Å². The van der Waals surface area contributed by atoms with Crippen molar-refractivity contribution >= 4 is 5.84 Å². The Bertz CT molecular complexity index is 159. The molecule has 0 aromatic rings. The summed E-state index contributed by atoms with van der Waals surface area (Å²) >= 11 is 0. The molecule has 1 rings (SSSR count). The van der Waals surface area contributed by atoms with E-state index in [0.29, 0.717) is 17.8 Å². The van der Waals surface area contributed by atoms with E-state index >= 15 is 0 Å². The second kappa shape index (κ2) is 4.27. The summed E-state index contributed by atoms with van der Waals surface area (Å²) in [5.74, 6) is 11.5. The van der Waals surface area contributed by atoms with Gasteiger partial charge in [-0.3, -0.25) is 0 Å². The van der Waals surface area contributed by atoms with Crippen molar-refractivity contribution in [3.63, 3.8) is 0 Å². The van der Waals surface area contributed by atoms with E-state index in [4.69, 9.17) is 17.4 Å². The topological polar surface area (TPSA) is 102 Å². The van der Waals surface area contributed by atoms with Crippen molar-refractivity contribution in [2.24, 2.45) is 28.4 Å². The summed E-state index contributed by atoms with van der Waals surface area (Å²) in [5, 5.41) is 3.59. The molecule has 0 aromatic heterocycles. The summed E-state index contributed by atoms with van der Waals surface area (Å²) in [6.07, 6.45) is 4.12. The fourth-order valence-corrected chi connectivity index (χ4v) is 1.65. The van der Waals surface area contributed by atoms with Crippen LogP contribution in [0.1, 0.15) is 25.7 Å². The molecule has 1 saturated carbocycles. The highest BCUT2D eigenvalue weighted by Gasteiger charge is 2.22. The number of hydrazine groups is 1. The number of nitrogens with one attached hydrogen (secondary N) is 1. The lowest BCUT2D eigenvalue weighted by Gasteiger charge is -2.26. The lowest BCUT2D eigenvalue weighted by Crippen LogP contribution is -2.40. The third kappa shape index (κ3) is 2.09. The SMILES string of the molecule is N/N=C(\NN)C1CCC(N)CC1. The molecule has 0 aromatic carbocycles. The van der Waals surface area contributed by atoms with E-state index in [9.17, 15) is 0 Å². The van der Waals surface area contributed by atoms with Crippen LogP contribution in [0.4, 0.5) is 0 Å². The second-order valence-corrected chi connectivity index (χ2v) is 3.27. The molecule has 5 nitrogen and oxygen atoms in total. The van der Waals surface area contributed by atoms with Gasteiger partial charge in [0, 0.05) is 12.0 Å². The van der Waals surface area contributed by atoms with Crippen LogP contribution in [0.15, 0.2) is 5.10 Å². The van der Waals surface area contributed by atoms with E-state index in [0.717, 1.165) is 25.7 Å². The number of hydrogen-bond acceptors (Lipinski definition) is 4. The summed E-state index contributed by atoms with van der Waals surface area (Å²) in [7, 11) is 0. The van der Waals surface area contributed by atoms with Crippen LogP contribution in [-0.4, -0.2) is 11.9 Å². The number of hydrazone groups is 1. The summed E-state index contributed by atoms with van der Waals surface area (Å²) in [4.78, 5) is 0. The average molecular weight is 171 g/mol. The van der Waals surface area contributed by atoms with Crippen LogP contribution in [-0.2, 0) is 0 Å². The van der Waals surface area contributed by atoms with Gasteiger partial charge in [-0.2, -0.15) is 5.10 Å². The molecular weight excluding hydrogens is 154 g/mol. The van der Waals surface area contributed by atoms with Crippen molar-refractivity contribution in [1.82, 2.24) is 5.43 Å². The Kier molecular flexibility index (Phi) is 3.31. The van der Waals surface area contributed by atoms with Gasteiger partial charge in [0.25, 0.3) is 0 Å². The minimum atomic E-state index is 0.345. The van der Waals surface area contributed by atoms with Gasteiger partial charge in [0.1, 0.15) is 5.84 Å². The lowest BCUT2D eigenvalue weighted by molar-refractivity contribution is 0.386. The predicted octanol–water partition coefficient (Wildman–Crippen LogP) is -0.761. The van der Waals surface area contributed by atoms with E-state index in [1.165, 1.54) is 0 Å². The van der Waals surface area contributed by atoms with Crippen molar-refractivity contribution in [1.29, 1.82) is 0 Å². The van der Waals surface area contributed by atoms with E-state index in [-0.39, 0.29) is 0 Å². The molecule has 0 heterocycles. The van der Waals surface area contributed by atoms with E-state index in [1.54, 1.807) is 0 Å². The summed E-state index contributed by atoms with van der Waals surface area (Å²) in [5.41, 5.74) is 8.28. The number of nitrogens with zero attached hydrogens (tertiary/aromatic N) is 1. The van der Waals surface area contributed by atoms with Gasteiger partial charge >= 0.3 is 0 Å². The Morgan fingerprint density at radius 1 is 1.25 bits per heavy atom. The molecule has 1 fully saturated rings. The average Bonchev–Trinajstić information content (AvgIpc) is 2.10. The number of amidine groups is 1. The van der Waals surface area contributed by atoms with Gasteiger partial charge in [-0.25, -0.2) is 5.84 Å². The summed E-state index contributed by atoms with van der Waals surface area (Å²) in [6.45, 7) is 0. The second-order valence-electron chi connectivity index (χ2n) is 3.27. The summed E-state index contributed by atoms with van der Waals surface area (Å²) < 4.78 is 0. The third-order valence-corrected chi connectivity index (χ3v) is 2.45. The molecule has 0 unspecified atom stereocenters. The van der Waals surface area contributed by atoms with Gasteiger partial charge in [-0.1, -0.05) is 0 Å². The first-order valence-electron chi connectivity index (χ1n) is 4.28. The van der Waals surface area contributed by atoms with Crippen molar-refractivity contribution in [2.45, 2.75) is 31.7 Å². The molecule has 12 heavy (non-hydrogen) atoms. The molecule has 1 aliphatic rings. The number of nitrogens with two attached hydrogens (primary N) is 3. The van der Waals surface area contributed by atoms with Gasteiger partial charge in [-0.05, 0) is 25.7 Å². The van der Waals surface area contributed by atoms with E-state index in [1.807, 2.05) is 0 Å². The monoisotopic (exact) mass is 171 g/mol. The zero-order valence-electron chi connectivity index (χ0n) is 7.16. The highest BCUT2D eigenvalue weighted by Crippen LogP contribution is 2.23. The van der Waals surface area contributed by atoms with Crippen LogP contribution in [0, 0.1) is 5.92 Å². The highest BCUT2D eigenvalue weighted by molar-refractivity contribution is 5.83. The Balaban J connectivity index is 2.43. The minimum absolute atomic E-state index is 0.345. The first kappa shape index (κ1) is 9.28. The molecule has 0 saturated heterocycles. The Hall–Kier alpha value is -0.810. The smallest absolute Gasteiger partial charge is 0.139 e. The van der Waals surface area contributed by atoms with Gasteiger partial charge in [0.2, 0.25) is 0 Å². The van der Waals surface area contributed by atoms with Crippen LogP contribution in [0.5, 0.6) is 0 Å². The first-order valence-corrected chi connectivity index (χ1v) is 4.28.